The number of halogens is 2. The molecule has 8 rings (SSSR count). The molecule has 0 fully saturated rings. The molecule has 0 aromatic heterocycles. The first kappa shape index (κ1) is 35.7. The predicted octanol–water partition coefficient (Wildman–Crippen LogP) is 13.6. The fourth-order valence-electron chi connectivity index (χ4n) is 8.47. The molecule has 272 valence electrons. The number of benzene rings is 7. The van der Waals surface area contributed by atoms with Gasteiger partial charge in [0, 0.05) is 16.6 Å². The van der Waals surface area contributed by atoms with Gasteiger partial charge in [0.25, 0.3) is 0 Å². The lowest BCUT2D eigenvalue weighted by atomic mass is 9.80. The van der Waals surface area contributed by atoms with Gasteiger partial charge in [-0.25, -0.2) is 13.6 Å². The normalized spacial score (nSPS) is 13.5. The average Bonchev–Trinajstić information content (AvgIpc) is 3.36. The number of ether oxygens (including phenoxy) is 1. The van der Waals surface area contributed by atoms with E-state index in [-0.39, 0.29) is 29.4 Å². The van der Waals surface area contributed by atoms with Crippen molar-refractivity contribution in [3.63, 3.8) is 0 Å². The molecular formula is C50H46F2O2. The Balaban J connectivity index is 1.08. The molecule has 7 aromatic rings. The van der Waals surface area contributed by atoms with Crippen LogP contribution in [0.15, 0.2) is 109 Å². The Hall–Kier alpha value is -5.35. The number of esters is 1. The molecule has 1 aliphatic carbocycles. The van der Waals surface area contributed by atoms with E-state index in [1.54, 1.807) is 6.92 Å². The van der Waals surface area contributed by atoms with Gasteiger partial charge in [0.1, 0.15) is 11.6 Å². The van der Waals surface area contributed by atoms with E-state index >= 15 is 8.78 Å². The van der Waals surface area contributed by atoms with Crippen LogP contribution in [-0.2, 0) is 26.8 Å². The van der Waals surface area contributed by atoms with E-state index in [1.165, 1.54) is 72.3 Å². The maximum Gasteiger partial charge on any atom is 0.333 e. The number of rotatable bonds is 9. The monoisotopic (exact) mass is 716 g/mol. The molecule has 0 aliphatic heterocycles. The molecule has 0 unspecified atom stereocenters. The Morgan fingerprint density at radius 1 is 0.667 bits per heavy atom. The lowest BCUT2D eigenvalue weighted by molar-refractivity contribution is -0.139. The summed E-state index contributed by atoms with van der Waals surface area (Å²) in [7, 11) is 0. The third kappa shape index (κ3) is 6.06. The molecule has 0 atom stereocenters. The molecular weight excluding hydrogens is 671 g/mol. The Kier molecular flexibility index (Phi) is 8.72. The molecule has 0 amide bonds. The second kappa shape index (κ2) is 13.2. The standard InChI is InChI=1S/C50H46F2O2/c1-29(2)48(53)54-22-10-8-9-11-41-44(51)27-35(28-45(41)52)31-15-19-38-39-20-16-32(26-43(39)50(6,7)42(38)25-31)37-18-14-30-12-13-33-23-36(49(3,4)5)24-34-17-21-40(37)47(30)46(33)34/h12-21,23-28H,1,8-11,22H2,2-7H3. The average molecular weight is 717 g/mol. The second-order valence-electron chi connectivity index (χ2n) is 16.7. The van der Waals surface area contributed by atoms with Crippen molar-refractivity contribution in [1.82, 2.24) is 0 Å². The topological polar surface area (TPSA) is 26.3 Å². The first-order valence-corrected chi connectivity index (χ1v) is 19.0. The van der Waals surface area contributed by atoms with Crippen LogP contribution in [0.3, 0.4) is 0 Å². The van der Waals surface area contributed by atoms with Gasteiger partial charge in [0.2, 0.25) is 0 Å². The maximum atomic E-state index is 15.4. The highest BCUT2D eigenvalue weighted by molar-refractivity contribution is 6.25. The Bertz CT molecular complexity index is 2600. The van der Waals surface area contributed by atoms with Gasteiger partial charge in [-0.2, -0.15) is 0 Å². The summed E-state index contributed by atoms with van der Waals surface area (Å²) < 4.78 is 35.9. The van der Waals surface area contributed by atoms with E-state index in [4.69, 9.17) is 4.74 Å². The molecule has 0 bridgehead atoms. The van der Waals surface area contributed by atoms with E-state index < -0.39 is 17.6 Å². The van der Waals surface area contributed by atoms with Crippen molar-refractivity contribution in [3.8, 4) is 33.4 Å². The number of carbonyl (C=O) groups is 1. The van der Waals surface area contributed by atoms with Crippen molar-refractivity contribution in [1.29, 1.82) is 0 Å². The van der Waals surface area contributed by atoms with Crippen molar-refractivity contribution in [2.24, 2.45) is 0 Å². The summed E-state index contributed by atoms with van der Waals surface area (Å²) in [5.74, 6) is -1.48. The van der Waals surface area contributed by atoms with Crippen LogP contribution >= 0.6 is 0 Å². The third-order valence-corrected chi connectivity index (χ3v) is 11.6. The summed E-state index contributed by atoms with van der Waals surface area (Å²) in [6, 6.07) is 34.2. The fourth-order valence-corrected chi connectivity index (χ4v) is 8.47. The lowest BCUT2D eigenvalue weighted by Crippen LogP contribution is -2.15. The van der Waals surface area contributed by atoms with Gasteiger partial charge in [-0.05, 0) is 145 Å². The zero-order valence-electron chi connectivity index (χ0n) is 32.1. The fraction of sp³-hybridized carbons (Fsp3) is 0.260. The number of fused-ring (bicyclic) bond motifs is 3. The highest BCUT2D eigenvalue weighted by Gasteiger charge is 2.36. The molecule has 0 saturated heterocycles. The molecule has 0 heterocycles. The molecule has 0 spiro atoms. The largest absolute Gasteiger partial charge is 0.462 e. The van der Waals surface area contributed by atoms with Crippen LogP contribution < -0.4 is 0 Å². The van der Waals surface area contributed by atoms with Crippen LogP contribution in [0.4, 0.5) is 8.78 Å². The minimum atomic E-state index is -0.533. The first-order valence-electron chi connectivity index (χ1n) is 19.0. The maximum absolute atomic E-state index is 15.4. The van der Waals surface area contributed by atoms with Crippen molar-refractivity contribution in [2.75, 3.05) is 6.61 Å². The summed E-state index contributed by atoms with van der Waals surface area (Å²) in [5.41, 5.74) is 9.99. The van der Waals surface area contributed by atoms with E-state index in [0.717, 1.165) is 16.7 Å². The molecule has 2 nitrogen and oxygen atoms in total. The highest BCUT2D eigenvalue weighted by atomic mass is 19.1. The van der Waals surface area contributed by atoms with Gasteiger partial charge in [-0.15, -0.1) is 0 Å². The van der Waals surface area contributed by atoms with Gasteiger partial charge < -0.3 is 4.74 Å². The number of unbranched alkanes of at least 4 members (excludes halogenated alkanes) is 2. The van der Waals surface area contributed by atoms with Crippen LogP contribution in [0.2, 0.25) is 0 Å². The number of hydrogen-bond acceptors (Lipinski definition) is 2. The van der Waals surface area contributed by atoms with E-state index in [1.807, 2.05) is 6.07 Å². The smallest absolute Gasteiger partial charge is 0.333 e. The Morgan fingerprint density at radius 2 is 1.24 bits per heavy atom. The molecule has 54 heavy (non-hydrogen) atoms. The van der Waals surface area contributed by atoms with Crippen LogP contribution in [0.5, 0.6) is 0 Å². The zero-order chi connectivity index (χ0) is 38.1. The van der Waals surface area contributed by atoms with Gasteiger partial charge in [-0.3, -0.25) is 0 Å². The molecule has 0 N–H and O–H groups in total. The summed E-state index contributed by atoms with van der Waals surface area (Å²) in [5, 5.41) is 7.68. The van der Waals surface area contributed by atoms with Gasteiger partial charge >= 0.3 is 5.97 Å². The lowest BCUT2D eigenvalue weighted by Gasteiger charge is -2.23. The molecule has 4 heteroatoms. The molecule has 1 aliphatic rings. The molecule has 0 saturated carbocycles. The Labute approximate surface area is 316 Å². The third-order valence-electron chi connectivity index (χ3n) is 11.6. The van der Waals surface area contributed by atoms with Crippen LogP contribution in [-0.4, -0.2) is 12.6 Å². The zero-order valence-corrected chi connectivity index (χ0v) is 32.1. The van der Waals surface area contributed by atoms with Crippen molar-refractivity contribution >= 4 is 38.3 Å². The quantitative estimate of drug-likeness (QED) is 0.0643. The molecule has 7 aromatic carbocycles. The Morgan fingerprint density at radius 3 is 1.89 bits per heavy atom. The van der Waals surface area contributed by atoms with E-state index in [2.05, 4.69) is 120 Å². The summed E-state index contributed by atoms with van der Waals surface area (Å²) in [6.45, 7) is 16.7. The van der Waals surface area contributed by atoms with Crippen molar-refractivity contribution in [3.05, 3.63) is 143 Å². The SMILES string of the molecule is C=C(C)C(=O)OCCCCCc1c(F)cc(-c2ccc3c(c2)C(C)(C)c2cc(-c4ccc5ccc6cc(C(C)(C)C)cc7ccc4c5c67)ccc2-3)cc1F. The minimum Gasteiger partial charge on any atom is -0.462 e. The van der Waals surface area contributed by atoms with Crippen molar-refractivity contribution < 1.29 is 18.3 Å². The van der Waals surface area contributed by atoms with Crippen LogP contribution in [0.1, 0.15) is 83.1 Å². The highest BCUT2D eigenvalue weighted by Crippen LogP contribution is 2.51. The van der Waals surface area contributed by atoms with Gasteiger partial charge in [0.05, 0.1) is 6.61 Å². The minimum absolute atomic E-state index is 0.0644. The summed E-state index contributed by atoms with van der Waals surface area (Å²) in [6.07, 6.45) is 2.21. The van der Waals surface area contributed by atoms with E-state index in [0.29, 0.717) is 30.4 Å². The number of hydrogen-bond donors (Lipinski definition) is 0. The number of carbonyl (C=O) groups excluding carboxylic acids is 1. The first-order chi connectivity index (χ1) is 25.7. The summed E-state index contributed by atoms with van der Waals surface area (Å²) >= 11 is 0. The summed E-state index contributed by atoms with van der Waals surface area (Å²) in [4.78, 5) is 11.6. The van der Waals surface area contributed by atoms with E-state index in [9.17, 15) is 4.79 Å². The van der Waals surface area contributed by atoms with Gasteiger partial charge in [0.15, 0.2) is 0 Å². The second-order valence-corrected chi connectivity index (χ2v) is 16.7. The predicted molar refractivity (Wildman–Crippen MR) is 221 cm³/mol. The van der Waals surface area contributed by atoms with Crippen molar-refractivity contribution in [2.45, 2.75) is 78.1 Å². The molecule has 0 radical (unpaired) electrons. The van der Waals surface area contributed by atoms with Crippen LogP contribution in [0, 0.1) is 11.6 Å². The van der Waals surface area contributed by atoms with Crippen LogP contribution in [0.25, 0.3) is 65.7 Å². The van der Waals surface area contributed by atoms with Gasteiger partial charge in [-0.1, -0.05) is 114 Å².